The van der Waals surface area contributed by atoms with Crippen LogP contribution in [0.4, 0.5) is 11.4 Å². The summed E-state index contributed by atoms with van der Waals surface area (Å²) in [7, 11) is 0. The second-order valence-electron chi connectivity index (χ2n) is 11.2. The number of aryl methyl sites for hydroxylation is 2. The molecule has 4 aromatic carbocycles. The zero-order valence-corrected chi connectivity index (χ0v) is 23.2. The number of benzene rings is 4. The normalized spacial score (nSPS) is 21.4. The van der Waals surface area contributed by atoms with Crippen LogP contribution in [0, 0.1) is 25.7 Å². The van der Waals surface area contributed by atoms with Gasteiger partial charge >= 0.3 is 5.97 Å². The molecule has 208 valence electrons. The standard InChI is InChI=1S/C35H28N2O5/c1-19-15-16-20(2)26(17-19)36-28(38)18-42-35(41)25-13-7-8-14-27(25)37-33(39)31-29-21-9-3-4-10-22(21)30(32(31)34(37)40)24-12-6-5-11-23(24)29/h3-17,29-32H,18H2,1-2H3,(H,36,38)/t29?,30?,31-,32-/m1/s1. The van der Waals surface area contributed by atoms with Gasteiger partial charge in [-0.3, -0.25) is 14.4 Å². The number of hydrogen-bond acceptors (Lipinski definition) is 5. The molecule has 1 N–H and O–H groups in total. The molecule has 0 spiro atoms. The molecule has 0 saturated carbocycles. The lowest BCUT2D eigenvalue weighted by atomic mass is 9.55. The highest BCUT2D eigenvalue weighted by Gasteiger charge is 2.62. The number of para-hydroxylation sites is 1. The van der Waals surface area contributed by atoms with Crippen molar-refractivity contribution in [2.24, 2.45) is 11.8 Å². The quantitative estimate of drug-likeness (QED) is 0.259. The Bertz CT molecular complexity index is 1700. The Morgan fingerprint density at radius 3 is 1.83 bits per heavy atom. The highest BCUT2D eigenvalue weighted by molar-refractivity contribution is 6.25. The summed E-state index contributed by atoms with van der Waals surface area (Å²) in [4.78, 5) is 55.4. The van der Waals surface area contributed by atoms with Crippen LogP contribution in [0.1, 0.15) is 55.6 Å². The van der Waals surface area contributed by atoms with Gasteiger partial charge in [0.25, 0.3) is 5.91 Å². The molecule has 1 fully saturated rings. The minimum absolute atomic E-state index is 0.0553. The molecule has 0 unspecified atom stereocenters. The molecule has 8 rings (SSSR count). The van der Waals surface area contributed by atoms with Crippen molar-refractivity contribution in [2.75, 3.05) is 16.8 Å². The van der Waals surface area contributed by atoms with Gasteiger partial charge in [-0.15, -0.1) is 0 Å². The molecule has 4 aliphatic rings. The summed E-state index contributed by atoms with van der Waals surface area (Å²) in [5.41, 5.74) is 7.05. The van der Waals surface area contributed by atoms with E-state index in [1.807, 2.05) is 80.6 Å². The van der Waals surface area contributed by atoms with Gasteiger partial charge in [0.05, 0.1) is 23.1 Å². The zero-order valence-electron chi connectivity index (χ0n) is 23.2. The fraction of sp³-hybridized carbons (Fsp3) is 0.200. The van der Waals surface area contributed by atoms with Crippen LogP contribution in [0.15, 0.2) is 91.0 Å². The van der Waals surface area contributed by atoms with Crippen molar-refractivity contribution in [3.8, 4) is 0 Å². The van der Waals surface area contributed by atoms with Crippen molar-refractivity contribution in [1.82, 2.24) is 0 Å². The maximum atomic E-state index is 14.2. The average Bonchev–Trinajstić information content (AvgIpc) is 3.27. The molecule has 42 heavy (non-hydrogen) atoms. The van der Waals surface area contributed by atoms with E-state index < -0.39 is 30.3 Å². The number of ether oxygens (including phenoxy) is 1. The second-order valence-corrected chi connectivity index (χ2v) is 11.2. The van der Waals surface area contributed by atoms with E-state index in [1.54, 1.807) is 18.2 Å². The van der Waals surface area contributed by atoms with Gasteiger partial charge in [0.15, 0.2) is 6.61 Å². The molecule has 7 nitrogen and oxygen atoms in total. The Labute approximate surface area is 243 Å². The summed E-state index contributed by atoms with van der Waals surface area (Å²) in [5, 5.41) is 2.77. The van der Waals surface area contributed by atoms with E-state index in [0.29, 0.717) is 5.69 Å². The fourth-order valence-electron chi connectivity index (χ4n) is 7.02. The van der Waals surface area contributed by atoms with Crippen LogP contribution in [-0.2, 0) is 19.1 Å². The summed E-state index contributed by atoms with van der Waals surface area (Å²) >= 11 is 0. The number of hydrogen-bond donors (Lipinski definition) is 1. The third-order valence-electron chi connectivity index (χ3n) is 8.81. The Kier molecular flexibility index (Phi) is 6.04. The topological polar surface area (TPSA) is 92.8 Å². The molecule has 0 aromatic heterocycles. The first-order chi connectivity index (χ1) is 20.3. The molecule has 4 aromatic rings. The third-order valence-corrected chi connectivity index (χ3v) is 8.81. The number of rotatable bonds is 5. The van der Waals surface area contributed by atoms with Crippen molar-refractivity contribution in [2.45, 2.75) is 25.7 Å². The lowest BCUT2D eigenvalue weighted by Crippen LogP contribution is -2.41. The van der Waals surface area contributed by atoms with Gasteiger partial charge in [0, 0.05) is 17.5 Å². The number of carbonyl (C=O) groups is 4. The summed E-state index contributed by atoms with van der Waals surface area (Å²) < 4.78 is 5.38. The Morgan fingerprint density at radius 2 is 1.26 bits per heavy atom. The van der Waals surface area contributed by atoms with Crippen molar-refractivity contribution in [3.05, 3.63) is 130 Å². The molecule has 2 atom stereocenters. The summed E-state index contributed by atoms with van der Waals surface area (Å²) in [6, 6.07) is 28.2. The number of amides is 3. The van der Waals surface area contributed by atoms with Gasteiger partial charge in [-0.25, -0.2) is 9.69 Å². The molecule has 2 bridgehead atoms. The van der Waals surface area contributed by atoms with E-state index in [9.17, 15) is 19.2 Å². The molecular formula is C35H28N2O5. The number of imide groups is 1. The van der Waals surface area contributed by atoms with E-state index in [1.165, 1.54) is 11.0 Å². The second kappa shape index (κ2) is 9.80. The Balaban J connectivity index is 1.17. The van der Waals surface area contributed by atoms with Gasteiger partial charge in [0.1, 0.15) is 0 Å². The maximum Gasteiger partial charge on any atom is 0.340 e. The van der Waals surface area contributed by atoms with Gasteiger partial charge in [-0.1, -0.05) is 72.8 Å². The van der Waals surface area contributed by atoms with Gasteiger partial charge < -0.3 is 10.1 Å². The highest BCUT2D eigenvalue weighted by atomic mass is 16.5. The van der Waals surface area contributed by atoms with Crippen LogP contribution >= 0.6 is 0 Å². The Hall–Kier alpha value is -5.04. The van der Waals surface area contributed by atoms with Crippen molar-refractivity contribution < 1.29 is 23.9 Å². The summed E-state index contributed by atoms with van der Waals surface area (Å²) in [6.45, 7) is 3.29. The van der Waals surface area contributed by atoms with Crippen molar-refractivity contribution >= 4 is 35.1 Å². The molecule has 0 radical (unpaired) electrons. The molecule has 1 aliphatic heterocycles. The smallest absolute Gasteiger partial charge is 0.340 e. The highest BCUT2D eigenvalue weighted by Crippen LogP contribution is 2.61. The van der Waals surface area contributed by atoms with Crippen molar-refractivity contribution in [1.29, 1.82) is 0 Å². The monoisotopic (exact) mass is 556 g/mol. The lowest BCUT2D eigenvalue weighted by molar-refractivity contribution is -0.122. The average molecular weight is 557 g/mol. The lowest BCUT2D eigenvalue weighted by Gasteiger charge is -2.45. The molecule has 3 amide bonds. The number of anilines is 2. The SMILES string of the molecule is Cc1ccc(C)c(NC(=O)COC(=O)c2ccccc2N2C(=O)[C@@H]3C4c5ccccc5C(c5ccccc54)[C@H]3C2=O)c1. The van der Waals surface area contributed by atoms with E-state index in [2.05, 4.69) is 5.32 Å². The first kappa shape index (κ1) is 25.9. The van der Waals surface area contributed by atoms with Gasteiger partial charge in [-0.2, -0.15) is 0 Å². The molecule has 7 heteroatoms. The maximum absolute atomic E-state index is 14.2. The minimum Gasteiger partial charge on any atom is -0.452 e. The predicted molar refractivity (Wildman–Crippen MR) is 157 cm³/mol. The van der Waals surface area contributed by atoms with E-state index in [-0.39, 0.29) is 34.9 Å². The molecular weight excluding hydrogens is 528 g/mol. The van der Waals surface area contributed by atoms with Crippen LogP contribution in [0.3, 0.4) is 0 Å². The van der Waals surface area contributed by atoms with E-state index >= 15 is 0 Å². The molecule has 1 saturated heterocycles. The van der Waals surface area contributed by atoms with Crippen molar-refractivity contribution in [3.63, 3.8) is 0 Å². The van der Waals surface area contributed by atoms with E-state index in [4.69, 9.17) is 4.74 Å². The van der Waals surface area contributed by atoms with Crippen LogP contribution in [0.25, 0.3) is 0 Å². The van der Waals surface area contributed by atoms with Gasteiger partial charge in [-0.05, 0) is 65.4 Å². The first-order valence-corrected chi connectivity index (χ1v) is 14.0. The minimum atomic E-state index is -0.785. The number of nitrogens with one attached hydrogen (secondary N) is 1. The zero-order chi connectivity index (χ0) is 29.1. The van der Waals surface area contributed by atoms with Crippen LogP contribution in [0.2, 0.25) is 0 Å². The van der Waals surface area contributed by atoms with Gasteiger partial charge in [0.2, 0.25) is 11.8 Å². The molecule has 3 aliphatic carbocycles. The summed E-state index contributed by atoms with van der Waals surface area (Å²) in [6.07, 6.45) is 0. The molecule has 1 heterocycles. The number of esters is 1. The first-order valence-electron chi connectivity index (χ1n) is 14.0. The van der Waals surface area contributed by atoms with Crippen LogP contribution in [0.5, 0.6) is 0 Å². The number of nitrogens with zero attached hydrogens (tertiary/aromatic N) is 1. The largest absolute Gasteiger partial charge is 0.452 e. The third kappa shape index (κ3) is 3.88. The van der Waals surface area contributed by atoms with Crippen LogP contribution < -0.4 is 10.2 Å². The summed E-state index contributed by atoms with van der Waals surface area (Å²) in [5.74, 6) is -3.55. The van der Waals surface area contributed by atoms with E-state index in [0.717, 1.165) is 33.4 Å². The van der Waals surface area contributed by atoms with Crippen LogP contribution in [-0.4, -0.2) is 30.3 Å². The number of carbonyl (C=O) groups excluding carboxylic acids is 4. The fourth-order valence-corrected chi connectivity index (χ4v) is 7.02. The predicted octanol–water partition coefficient (Wildman–Crippen LogP) is 5.50. The Morgan fingerprint density at radius 1 is 0.738 bits per heavy atom.